The van der Waals surface area contributed by atoms with Crippen molar-refractivity contribution >= 4 is 29.9 Å². The number of nitrogens with zero attached hydrogens (tertiary/aromatic N) is 4. The van der Waals surface area contributed by atoms with Crippen molar-refractivity contribution in [2.75, 3.05) is 18.1 Å². The lowest BCUT2D eigenvalue weighted by atomic mass is 9.95. The minimum absolute atomic E-state index is 0.0886. The van der Waals surface area contributed by atoms with Crippen LogP contribution < -0.4 is 15.6 Å². The van der Waals surface area contributed by atoms with Gasteiger partial charge in [0.2, 0.25) is 5.91 Å². The molecule has 0 radical (unpaired) electrons. The topological polar surface area (TPSA) is 127 Å². The first-order valence-corrected chi connectivity index (χ1v) is 13.7. The van der Waals surface area contributed by atoms with Gasteiger partial charge in [0.25, 0.3) is 5.91 Å². The highest BCUT2D eigenvalue weighted by atomic mass is 19.4. The van der Waals surface area contributed by atoms with Crippen LogP contribution in [-0.2, 0) is 17.5 Å². The number of rotatable bonds is 8. The molecule has 3 aromatic rings. The number of nitrogens with one attached hydrogen (secondary N) is 2. The molecule has 0 unspecified atom stereocenters. The van der Waals surface area contributed by atoms with E-state index in [1.165, 1.54) is 18.6 Å². The minimum Gasteiger partial charge on any atom is -0.465 e. The van der Waals surface area contributed by atoms with Gasteiger partial charge in [-0.25, -0.2) is 4.79 Å². The summed E-state index contributed by atoms with van der Waals surface area (Å²) in [4.78, 5) is 42.1. The van der Waals surface area contributed by atoms with E-state index >= 15 is 0 Å². The van der Waals surface area contributed by atoms with Crippen LogP contribution >= 0.6 is 0 Å². The average molecular weight is 595 g/mol. The first-order chi connectivity index (χ1) is 20.5. The summed E-state index contributed by atoms with van der Waals surface area (Å²) in [5.41, 5.74) is 1.77. The number of carbonyl (C=O) groups excluding carboxylic acids is 2. The first kappa shape index (κ1) is 29.5. The summed E-state index contributed by atoms with van der Waals surface area (Å²) in [7, 11) is 0. The molecule has 1 atom stereocenters. The number of anilines is 1. The van der Waals surface area contributed by atoms with Gasteiger partial charge in [0.1, 0.15) is 12.0 Å². The Hall–Kier alpha value is -4.94. The Morgan fingerprint density at radius 1 is 1.05 bits per heavy atom. The lowest BCUT2D eigenvalue weighted by molar-refractivity contribution is -0.137. The second-order valence-corrected chi connectivity index (χ2v) is 10.4. The molecule has 5 rings (SSSR count). The number of alkyl halides is 3. The molecule has 2 aromatic carbocycles. The van der Waals surface area contributed by atoms with E-state index in [0.717, 1.165) is 25.0 Å². The van der Waals surface area contributed by atoms with Gasteiger partial charge in [-0.15, -0.1) is 0 Å². The Balaban J connectivity index is 1.27. The zero-order valence-corrected chi connectivity index (χ0v) is 23.1. The number of hydrazone groups is 1. The van der Waals surface area contributed by atoms with E-state index in [-0.39, 0.29) is 29.6 Å². The van der Waals surface area contributed by atoms with E-state index < -0.39 is 29.8 Å². The smallest absolute Gasteiger partial charge is 0.416 e. The highest BCUT2D eigenvalue weighted by Gasteiger charge is 2.34. The lowest BCUT2D eigenvalue weighted by Gasteiger charge is -2.28. The van der Waals surface area contributed by atoms with Crippen LogP contribution in [0, 0.1) is 5.92 Å². The fraction of sp³-hybridized carbons (Fsp3) is 0.300. The molecule has 1 aromatic heterocycles. The molecule has 0 bridgehead atoms. The zero-order valence-electron chi connectivity index (χ0n) is 23.1. The molecular formula is C30H29F3N6O4. The summed E-state index contributed by atoms with van der Waals surface area (Å²) in [6.45, 7) is 2.57. The van der Waals surface area contributed by atoms with Crippen molar-refractivity contribution in [3.8, 4) is 11.1 Å². The SMILES string of the molecule is C[C@@H](NC(=O)c1cc(N2CCN(C(=O)C3CC3)C=N2)ccn1)c1ccc(-c2cc(C(F)(F)F)ccc2CNC(=O)O)cc1. The van der Waals surface area contributed by atoms with Gasteiger partial charge in [0.15, 0.2) is 0 Å². The van der Waals surface area contributed by atoms with Gasteiger partial charge in [-0.05, 0) is 66.3 Å². The number of hydrogen-bond acceptors (Lipinski definition) is 6. The minimum atomic E-state index is -4.56. The number of halogens is 3. The molecule has 13 heteroatoms. The van der Waals surface area contributed by atoms with E-state index in [4.69, 9.17) is 5.11 Å². The Morgan fingerprint density at radius 3 is 2.42 bits per heavy atom. The average Bonchev–Trinajstić information content (AvgIpc) is 3.85. The van der Waals surface area contributed by atoms with E-state index in [0.29, 0.717) is 35.5 Å². The molecule has 43 heavy (non-hydrogen) atoms. The molecule has 224 valence electrons. The molecule has 2 heterocycles. The Labute approximate surface area is 245 Å². The molecule has 10 nitrogen and oxygen atoms in total. The van der Waals surface area contributed by atoms with Gasteiger partial charge in [-0.1, -0.05) is 30.3 Å². The predicted octanol–water partition coefficient (Wildman–Crippen LogP) is 5.03. The fourth-order valence-corrected chi connectivity index (χ4v) is 4.73. The number of amides is 3. The van der Waals surface area contributed by atoms with Crippen molar-refractivity contribution in [3.05, 3.63) is 83.2 Å². The van der Waals surface area contributed by atoms with E-state index in [1.807, 2.05) is 0 Å². The quantitative estimate of drug-likeness (QED) is 0.336. The number of hydrogen-bond donors (Lipinski definition) is 3. The van der Waals surface area contributed by atoms with Gasteiger partial charge >= 0.3 is 12.3 Å². The molecule has 1 saturated carbocycles. The number of benzene rings is 2. The standard InChI is InChI=1S/C30H29F3N6O4/c1-18(19-2-4-20(5-3-19)25-14-23(30(31,32)33)9-8-22(25)16-35-29(42)43)37-27(40)26-15-24(10-11-34-26)39-13-12-38(17-36-39)28(41)21-6-7-21/h2-5,8-11,14-15,17-18,21,35H,6-7,12-13,16H2,1H3,(H,37,40)(H,42,43)/t18-/m1/s1. The predicted molar refractivity (Wildman–Crippen MR) is 152 cm³/mol. The Morgan fingerprint density at radius 2 is 1.79 bits per heavy atom. The van der Waals surface area contributed by atoms with Gasteiger partial charge < -0.3 is 15.7 Å². The van der Waals surface area contributed by atoms with Crippen molar-refractivity contribution in [1.82, 2.24) is 20.5 Å². The number of pyridine rings is 1. The molecule has 3 amide bonds. The van der Waals surface area contributed by atoms with Crippen molar-refractivity contribution < 1.29 is 32.7 Å². The molecular weight excluding hydrogens is 565 g/mol. The van der Waals surface area contributed by atoms with Crippen LogP contribution in [0.1, 0.15) is 53.0 Å². The summed E-state index contributed by atoms with van der Waals surface area (Å²) in [5, 5.41) is 20.1. The van der Waals surface area contributed by atoms with E-state index in [9.17, 15) is 27.6 Å². The molecule has 0 saturated heterocycles. The number of carboxylic acid groups (broad SMARTS) is 1. The van der Waals surface area contributed by atoms with Gasteiger partial charge in [-0.2, -0.15) is 18.3 Å². The van der Waals surface area contributed by atoms with Gasteiger partial charge in [-0.3, -0.25) is 24.5 Å². The van der Waals surface area contributed by atoms with E-state index in [1.54, 1.807) is 53.2 Å². The van der Waals surface area contributed by atoms with Crippen LogP contribution in [0.4, 0.5) is 23.7 Å². The summed E-state index contributed by atoms with van der Waals surface area (Å²) in [5.74, 6) is -0.234. The Kier molecular flexibility index (Phi) is 8.33. The third-order valence-electron chi connectivity index (χ3n) is 7.30. The molecule has 1 aliphatic heterocycles. The summed E-state index contributed by atoms with van der Waals surface area (Å²) < 4.78 is 40.2. The highest BCUT2D eigenvalue weighted by Crippen LogP contribution is 2.35. The highest BCUT2D eigenvalue weighted by molar-refractivity contribution is 5.94. The van der Waals surface area contributed by atoms with Crippen molar-refractivity contribution in [1.29, 1.82) is 0 Å². The lowest BCUT2D eigenvalue weighted by Crippen LogP contribution is -2.42. The summed E-state index contributed by atoms with van der Waals surface area (Å²) in [6, 6.07) is 12.7. The third-order valence-corrected chi connectivity index (χ3v) is 7.30. The molecule has 1 fully saturated rings. The van der Waals surface area contributed by atoms with Crippen LogP contribution in [0.2, 0.25) is 0 Å². The molecule has 0 spiro atoms. The summed E-state index contributed by atoms with van der Waals surface area (Å²) >= 11 is 0. The maximum absolute atomic E-state index is 13.4. The van der Waals surface area contributed by atoms with Crippen LogP contribution in [0.3, 0.4) is 0 Å². The van der Waals surface area contributed by atoms with Crippen molar-refractivity contribution in [2.24, 2.45) is 11.0 Å². The van der Waals surface area contributed by atoms with Crippen molar-refractivity contribution in [3.63, 3.8) is 0 Å². The molecule has 3 N–H and O–H groups in total. The monoisotopic (exact) mass is 594 g/mol. The summed E-state index contributed by atoms with van der Waals surface area (Å²) in [6.07, 6.45) is -0.995. The largest absolute Gasteiger partial charge is 0.465 e. The molecule has 1 aliphatic carbocycles. The van der Waals surface area contributed by atoms with Gasteiger partial charge in [0.05, 0.1) is 23.8 Å². The number of aromatic nitrogens is 1. The second-order valence-electron chi connectivity index (χ2n) is 10.4. The van der Waals surface area contributed by atoms with Gasteiger partial charge in [0, 0.05) is 25.2 Å². The maximum Gasteiger partial charge on any atom is 0.416 e. The Bertz CT molecular complexity index is 1560. The molecule has 2 aliphatic rings. The third kappa shape index (κ3) is 7.11. The maximum atomic E-state index is 13.4. The number of carbonyl (C=O) groups is 3. The zero-order chi connectivity index (χ0) is 30.7. The van der Waals surface area contributed by atoms with Crippen LogP contribution in [0.5, 0.6) is 0 Å². The second kappa shape index (κ2) is 12.1. The van der Waals surface area contributed by atoms with Crippen LogP contribution in [0.15, 0.2) is 65.9 Å². The normalized spacial score (nSPS) is 15.6. The fourth-order valence-electron chi connectivity index (χ4n) is 4.73. The van der Waals surface area contributed by atoms with Crippen molar-refractivity contribution in [2.45, 2.75) is 38.5 Å². The first-order valence-electron chi connectivity index (χ1n) is 13.7. The van der Waals surface area contributed by atoms with Crippen LogP contribution in [-0.4, -0.2) is 52.3 Å². The van der Waals surface area contributed by atoms with E-state index in [2.05, 4.69) is 20.7 Å². The van der Waals surface area contributed by atoms with Crippen LogP contribution in [0.25, 0.3) is 11.1 Å².